The Balaban J connectivity index is 1.92. The van der Waals surface area contributed by atoms with Crippen LogP contribution in [0, 0.1) is 0 Å². The summed E-state index contributed by atoms with van der Waals surface area (Å²) in [4.78, 5) is 19.0. The van der Waals surface area contributed by atoms with E-state index in [1.54, 1.807) is 11.3 Å². The highest BCUT2D eigenvalue weighted by Crippen LogP contribution is 2.39. The van der Waals surface area contributed by atoms with E-state index in [1.807, 2.05) is 18.2 Å². The Hall–Kier alpha value is -1.88. The number of rotatable bonds is 3. The molecule has 2 aromatic rings. The van der Waals surface area contributed by atoms with Gasteiger partial charge in [-0.25, -0.2) is 4.98 Å². The molecule has 0 fully saturated rings. The maximum absolute atomic E-state index is 11.8. The Morgan fingerprint density at radius 2 is 2.08 bits per heavy atom. The maximum atomic E-state index is 11.8. The molecule has 0 radical (unpaired) electrons. The second-order valence-electron chi connectivity index (χ2n) is 7.62. The van der Waals surface area contributed by atoms with E-state index in [9.17, 15) is 4.79 Å². The van der Waals surface area contributed by atoms with Crippen molar-refractivity contribution in [2.75, 3.05) is 4.90 Å². The number of anilines is 1. The highest BCUT2D eigenvalue weighted by Gasteiger charge is 2.33. The fraction of sp³-hybridized carbons (Fsp3) is 0.474. The molecule has 4 nitrogen and oxygen atoms in total. The first-order valence-electron chi connectivity index (χ1n) is 8.37. The van der Waals surface area contributed by atoms with E-state index in [0.717, 1.165) is 34.9 Å². The number of hydrogen-bond donors (Lipinski definition) is 1. The summed E-state index contributed by atoms with van der Waals surface area (Å²) in [5.41, 5.74) is 8.93. The third-order valence-corrected chi connectivity index (χ3v) is 5.92. The Bertz CT molecular complexity index is 747. The number of nitrogens with zero attached hydrogens (tertiary/aromatic N) is 2. The zero-order valence-electron chi connectivity index (χ0n) is 14.7. The number of aromatic nitrogens is 1. The topological polar surface area (TPSA) is 59.2 Å². The summed E-state index contributed by atoms with van der Waals surface area (Å²) >= 11 is 1.72. The van der Waals surface area contributed by atoms with Gasteiger partial charge in [-0.2, -0.15) is 0 Å². The number of thiazole rings is 1. The fourth-order valence-electron chi connectivity index (χ4n) is 3.29. The van der Waals surface area contributed by atoms with Crippen molar-refractivity contribution in [3.8, 4) is 0 Å². The van der Waals surface area contributed by atoms with Crippen LogP contribution >= 0.6 is 11.3 Å². The highest BCUT2D eigenvalue weighted by atomic mass is 32.1. The lowest BCUT2D eigenvalue weighted by Crippen LogP contribution is -2.41. The first-order chi connectivity index (χ1) is 11.3. The average molecular weight is 343 g/mol. The minimum atomic E-state index is -0.238. The van der Waals surface area contributed by atoms with E-state index in [-0.39, 0.29) is 23.3 Å². The van der Waals surface area contributed by atoms with Gasteiger partial charge in [0.1, 0.15) is 0 Å². The number of carbonyl (C=O) groups is 1. The second kappa shape index (κ2) is 6.20. The van der Waals surface area contributed by atoms with Gasteiger partial charge in [0.15, 0.2) is 0 Å². The Morgan fingerprint density at radius 1 is 1.38 bits per heavy atom. The van der Waals surface area contributed by atoms with Crippen LogP contribution in [0.2, 0.25) is 0 Å². The SMILES string of the molecule is CC1CC(C(N)=O)c2ccccc2N1Cc1csc(C(C)(C)C)n1. The summed E-state index contributed by atoms with van der Waals surface area (Å²) in [6, 6.07) is 8.34. The molecule has 5 heteroatoms. The van der Waals surface area contributed by atoms with Gasteiger partial charge in [-0.05, 0) is 25.0 Å². The molecule has 0 bridgehead atoms. The van der Waals surface area contributed by atoms with Gasteiger partial charge < -0.3 is 10.6 Å². The summed E-state index contributed by atoms with van der Waals surface area (Å²) in [6.45, 7) is 9.48. The summed E-state index contributed by atoms with van der Waals surface area (Å²) in [5.74, 6) is -0.439. The molecule has 1 aromatic heterocycles. The van der Waals surface area contributed by atoms with Crippen LogP contribution in [0.1, 0.15) is 56.3 Å². The third-order valence-electron chi connectivity index (χ3n) is 4.60. The number of hydrogen-bond acceptors (Lipinski definition) is 4. The number of primary amides is 1. The quantitative estimate of drug-likeness (QED) is 0.922. The van der Waals surface area contributed by atoms with E-state index in [0.29, 0.717) is 0 Å². The summed E-state index contributed by atoms with van der Waals surface area (Å²) in [6.07, 6.45) is 0.753. The highest BCUT2D eigenvalue weighted by molar-refractivity contribution is 7.09. The molecule has 0 saturated carbocycles. The number of para-hydroxylation sites is 1. The van der Waals surface area contributed by atoms with Gasteiger partial charge in [-0.3, -0.25) is 4.79 Å². The molecular weight excluding hydrogens is 318 g/mol. The van der Waals surface area contributed by atoms with Crippen LogP contribution in [-0.2, 0) is 16.8 Å². The van der Waals surface area contributed by atoms with Crippen LogP contribution in [0.5, 0.6) is 0 Å². The maximum Gasteiger partial charge on any atom is 0.225 e. The molecule has 24 heavy (non-hydrogen) atoms. The Morgan fingerprint density at radius 3 is 2.71 bits per heavy atom. The van der Waals surface area contributed by atoms with Gasteiger partial charge in [0.25, 0.3) is 0 Å². The molecule has 2 heterocycles. The molecule has 0 saturated heterocycles. The van der Waals surface area contributed by atoms with Crippen molar-refractivity contribution < 1.29 is 4.79 Å². The lowest BCUT2D eigenvalue weighted by molar-refractivity contribution is -0.119. The summed E-state index contributed by atoms with van der Waals surface area (Å²) < 4.78 is 0. The summed E-state index contributed by atoms with van der Waals surface area (Å²) in [5, 5.41) is 3.31. The number of fused-ring (bicyclic) bond motifs is 1. The molecule has 0 aliphatic carbocycles. The normalized spacial score (nSPS) is 20.8. The zero-order chi connectivity index (χ0) is 17.5. The molecule has 128 valence electrons. The Kier molecular flexibility index (Phi) is 4.38. The van der Waals surface area contributed by atoms with Crippen molar-refractivity contribution in [3.05, 3.63) is 45.9 Å². The predicted octanol–water partition coefficient (Wildman–Crippen LogP) is 3.81. The van der Waals surface area contributed by atoms with E-state index < -0.39 is 0 Å². The van der Waals surface area contributed by atoms with Crippen molar-refractivity contribution in [1.82, 2.24) is 4.98 Å². The van der Waals surface area contributed by atoms with E-state index in [1.165, 1.54) is 0 Å². The molecule has 1 amide bonds. The lowest BCUT2D eigenvalue weighted by atomic mass is 9.85. The zero-order valence-corrected chi connectivity index (χ0v) is 15.6. The minimum Gasteiger partial charge on any atom is -0.369 e. The van der Waals surface area contributed by atoms with Crippen molar-refractivity contribution in [2.45, 2.75) is 58.0 Å². The van der Waals surface area contributed by atoms with E-state index in [4.69, 9.17) is 10.7 Å². The molecule has 1 aromatic carbocycles. The smallest absolute Gasteiger partial charge is 0.225 e. The van der Waals surface area contributed by atoms with Crippen LogP contribution in [0.3, 0.4) is 0 Å². The number of benzene rings is 1. The fourth-order valence-corrected chi connectivity index (χ4v) is 4.18. The van der Waals surface area contributed by atoms with Crippen LogP contribution in [0.25, 0.3) is 0 Å². The summed E-state index contributed by atoms with van der Waals surface area (Å²) in [7, 11) is 0. The molecular formula is C19H25N3OS. The van der Waals surface area contributed by atoms with Crippen molar-refractivity contribution in [2.24, 2.45) is 5.73 Å². The van der Waals surface area contributed by atoms with Gasteiger partial charge in [-0.15, -0.1) is 11.3 Å². The number of nitrogens with two attached hydrogens (primary N) is 1. The Labute approximate surface area is 147 Å². The van der Waals surface area contributed by atoms with E-state index in [2.05, 4.69) is 44.0 Å². The van der Waals surface area contributed by atoms with Gasteiger partial charge in [0, 0.05) is 22.5 Å². The van der Waals surface area contributed by atoms with Gasteiger partial charge >= 0.3 is 0 Å². The van der Waals surface area contributed by atoms with Crippen LogP contribution < -0.4 is 10.6 Å². The van der Waals surface area contributed by atoms with Crippen LogP contribution in [-0.4, -0.2) is 16.9 Å². The molecule has 2 atom stereocenters. The molecule has 1 aliphatic heterocycles. The predicted molar refractivity (Wildman–Crippen MR) is 99.5 cm³/mol. The van der Waals surface area contributed by atoms with Crippen molar-refractivity contribution >= 4 is 22.9 Å². The molecule has 0 spiro atoms. The van der Waals surface area contributed by atoms with Crippen LogP contribution in [0.4, 0.5) is 5.69 Å². The molecule has 1 aliphatic rings. The van der Waals surface area contributed by atoms with Gasteiger partial charge in [0.2, 0.25) is 5.91 Å². The largest absolute Gasteiger partial charge is 0.369 e. The second-order valence-corrected chi connectivity index (χ2v) is 8.48. The van der Waals surface area contributed by atoms with Gasteiger partial charge in [0.05, 0.1) is 23.2 Å². The standard InChI is InChI=1S/C19H25N3OS/c1-12-9-15(17(20)23)14-7-5-6-8-16(14)22(12)10-13-11-24-18(21-13)19(2,3)4/h5-8,11-12,15H,9-10H2,1-4H3,(H2,20,23). The van der Waals surface area contributed by atoms with Gasteiger partial charge in [-0.1, -0.05) is 39.0 Å². The van der Waals surface area contributed by atoms with Crippen molar-refractivity contribution in [3.63, 3.8) is 0 Å². The molecule has 2 unspecified atom stereocenters. The number of amides is 1. The van der Waals surface area contributed by atoms with E-state index >= 15 is 0 Å². The molecule has 2 N–H and O–H groups in total. The average Bonchev–Trinajstić information content (AvgIpc) is 2.98. The monoisotopic (exact) mass is 343 g/mol. The lowest BCUT2D eigenvalue weighted by Gasteiger charge is -2.39. The third kappa shape index (κ3) is 3.18. The first-order valence-corrected chi connectivity index (χ1v) is 9.25. The minimum absolute atomic E-state index is 0.0748. The van der Waals surface area contributed by atoms with Crippen LogP contribution in [0.15, 0.2) is 29.6 Å². The first kappa shape index (κ1) is 17.0. The number of carbonyl (C=O) groups excluding carboxylic acids is 1. The van der Waals surface area contributed by atoms with Crippen molar-refractivity contribution in [1.29, 1.82) is 0 Å². The molecule has 3 rings (SSSR count).